The van der Waals surface area contributed by atoms with Crippen molar-refractivity contribution >= 4 is 11.8 Å². The lowest BCUT2D eigenvalue weighted by Crippen LogP contribution is -1.95. The first-order valence-corrected chi connectivity index (χ1v) is 6.84. The van der Waals surface area contributed by atoms with E-state index in [1.54, 1.807) is 17.8 Å². The van der Waals surface area contributed by atoms with Crippen LogP contribution < -0.4 is 5.73 Å². The summed E-state index contributed by atoms with van der Waals surface area (Å²) in [4.78, 5) is 1.17. The number of rotatable bonds is 4. The fraction of sp³-hybridized carbons (Fsp3) is 0.200. The molecule has 2 aromatic rings. The summed E-state index contributed by atoms with van der Waals surface area (Å²) in [5.74, 6) is 0.601. The van der Waals surface area contributed by atoms with Crippen molar-refractivity contribution < 1.29 is 4.39 Å². The first-order valence-electron chi connectivity index (χ1n) is 5.86. The second-order valence-electron chi connectivity index (χ2n) is 4.21. The van der Waals surface area contributed by atoms with E-state index in [2.05, 4.69) is 12.1 Å². The maximum Gasteiger partial charge on any atom is 0.123 e. The summed E-state index contributed by atoms with van der Waals surface area (Å²) in [5, 5.41) is 0. The van der Waals surface area contributed by atoms with E-state index < -0.39 is 0 Å². The molecule has 0 radical (unpaired) electrons. The Bertz CT molecular complexity index is 540. The molecule has 0 aromatic heterocycles. The highest BCUT2D eigenvalue weighted by molar-refractivity contribution is 7.98. The lowest BCUT2D eigenvalue weighted by molar-refractivity contribution is 0.626. The van der Waals surface area contributed by atoms with Crippen LogP contribution in [-0.4, -0.2) is 0 Å². The van der Waals surface area contributed by atoms with E-state index in [4.69, 9.17) is 5.73 Å². The summed E-state index contributed by atoms with van der Waals surface area (Å²) in [5.41, 5.74) is 8.90. The van der Waals surface area contributed by atoms with Crippen LogP contribution in [0.5, 0.6) is 0 Å². The van der Waals surface area contributed by atoms with Crippen LogP contribution in [0, 0.1) is 12.7 Å². The Morgan fingerprint density at radius 3 is 2.78 bits per heavy atom. The van der Waals surface area contributed by atoms with E-state index in [1.165, 1.54) is 11.0 Å². The van der Waals surface area contributed by atoms with Gasteiger partial charge >= 0.3 is 0 Å². The fourth-order valence-corrected chi connectivity index (χ4v) is 2.76. The largest absolute Gasteiger partial charge is 0.326 e. The Morgan fingerprint density at radius 2 is 2.00 bits per heavy atom. The number of thioether (sulfide) groups is 1. The van der Waals surface area contributed by atoms with Crippen LogP contribution in [0.1, 0.15) is 16.7 Å². The third-order valence-electron chi connectivity index (χ3n) is 2.84. The van der Waals surface area contributed by atoms with Crippen molar-refractivity contribution in [2.75, 3.05) is 0 Å². The molecule has 0 bridgehead atoms. The van der Waals surface area contributed by atoms with Crippen LogP contribution in [-0.2, 0) is 12.3 Å². The molecule has 0 aliphatic carbocycles. The smallest absolute Gasteiger partial charge is 0.123 e. The van der Waals surface area contributed by atoms with Gasteiger partial charge in [0.05, 0.1) is 0 Å². The van der Waals surface area contributed by atoms with Crippen LogP contribution in [0.2, 0.25) is 0 Å². The zero-order chi connectivity index (χ0) is 13.0. The van der Waals surface area contributed by atoms with Crippen LogP contribution >= 0.6 is 11.8 Å². The molecule has 18 heavy (non-hydrogen) atoms. The summed E-state index contributed by atoms with van der Waals surface area (Å²) < 4.78 is 13.2. The summed E-state index contributed by atoms with van der Waals surface area (Å²) >= 11 is 1.70. The molecule has 0 aliphatic heterocycles. The molecule has 2 aromatic carbocycles. The second kappa shape index (κ2) is 6.03. The van der Waals surface area contributed by atoms with Gasteiger partial charge in [0, 0.05) is 17.2 Å². The predicted octanol–water partition coefficient (Wildman–Crippen LogP) is 3.89. The third kappa shape index (κ3) is 3.34. The van der Waals surface area contributed by atoms with Gasteiger partial charge in [0.1, 0.15) is 5.82 Å². The molecule has 0 unspecified atom stereocenters. The van der Waals surface area contributed by atoms with Gasteiger partial charge in [0.25, 0.3) is 0 Å². The van der Waals surface area contributed by atoms with Gasteiger partial charge in [-0.15, -0.1) is 11.8 Å². The number of halogens is 1. The van der Waals surface area contributed by atoms with Gasteiger partial charge < -0.3 is 5.73 Å². The minimum absolute atomic E-state index is 0.174. The van der Waals surface area contributed by atoms with Crippen LogP contribution in [0.25, 0.3) is 0 Å². The number of benzene rings is 2. The van der Waals surface area contributed by atoms with Gasteiger partial charge in [-0.05, 0) is 47.9 Å². The van der Waals surface area contributed by atoms with Crippen molar-refractivity contribution in [3.05, 3.63) is 65.0 Å². The van der Waals surface area contributed by atoms with E-state index in [1.807, 2.05) is 25.1 Å². The normalized spacial score (nSPS) is 10.6. The third-order valence-corrected chi connectivity index (χ3v) is 3.88. The van der Waals surface area contributed by atoms with Crippen LogP contribution in [0.3, 0.4) is 0 Å². The van der Waals surface area contributed by atoms with Crippen molar-refractivity contribution in [3.63, 3.8) is 0 Å². The van der Waals surface area contributed by atoms with Crippen molar-refractivity contribution in [1.29, 1.82) is 0 Å². The molecule has 0 atom stereocenters. The van der Waals surface area contributed by atoms with Crippen LogP contribution in [0.15, 0.2) is 47.4 Å². The highest BCUT2D eigenvalue weighted by Gasteiger charge is 2.02. The first-order chi connectivity index (χ1) is 8.69. The van der Waals surface area contributed by atoms with Gasteiger partial charge in [0.15, 0.2) is 0 Å². The van der Waals surface area contributed by atoms with Gasteiger partial charge in [-0.2, -0.15) is 0 Å². The zero-order valence-electron chi connectivity index (χ0n) is 10.3. The molecule has 0 amide bonds. The van der Waals surface area contributed by atoms with Crippen molar-refractivity contribution in [2.45, 2.75) is 24.1 Å². The molecular weight excluding hydrogens is 245 g/mol. The lowest BCUT2D eigenvalue weighted by atomic mass is 10.1. The first kappa shape index (κ1) is 13.1. The highest BCUT2D eigenvalue weighted by atomic mass is 32.2. The van der Waals surface area contributed by atoms with Gasteiger partial charge in [-0.25, -0.2) is 4.39 Å². The van der Waals surface area contributed by atoms with E-state index in [0.29, 0.717) is 6.54 Å². The second-order valence-corrected chi connectivity index (χ2v) is 5.26. The lowest BCUT2D eigenvalue weighted by Gasteiger charge is -2.07. The number of hydrogen-bond acceptors (Lipinski definition) is 2. The zero-order valence-corrected chi connectivity index (χ0v) is 11.1. The molecule has 0 spiro atoms. The predicted molar refractivity (Wildman–Crippen MR) is 75.0 cm³/mol. The summed E-state index contributed by atoms with van der Waals surface area (Å²) in [6.07, 6.45) is 0. The fourth-order valence-electron chi connectivity index (χ4n) is 1.72. The van der Waals surface area contributed by atoms with Crippen molar-refractivity contribution in [3.8, 4) is 0 Å². The van der Waals surface area contributed by atoms with Crippen molar-refractivity contribution in [1.82, 2.24) is 0 Å². The Kier molecular flexibility index (Phi) is 4.39. The maximum atomic E-state index is 13.2. The Morgan fingerprint density at radius 1 is 1.17 bits per heavy atom. The quantitative estimate of drug-likeness (QED) is 0.845. The molecule has 0 saturated carbocycles. The van der Waals surface area contributed by atoms with E-state index in [0.717, 1.165) is 22.4 Å². The van der Waals surface area contributed by atoms with Crippen molar-refractivity contribution in [2.24, 2.45) is 5.73 Å². The monoisotopic (exact) mass is 261 g/mol. The molecular formula is C15H16FNS. The molecule has 3 heteroatoms. The van der Waals surface area contributed by atoms with Gasteiger partial charge in [-0.3, -0.25) is 0 Å². The van der Waals surface area contributed by atoms with Crippen LogP contribution in [0.4, 0.5) is 4.39 Å². The molecule has 2 rings (SSSR count). The van der Waals surface area contributed by atoms with E-state index in [-0.39, 0.29) is 5.82 Å². The van der Waals surface area contributed by atoms with E-state index in [9.17, 15) is 4.39 Å². The maximum absolute atomic E-state index is 13.2. The molecule has 0 fully saturated rings. The molecule has 2 N–H and O–H groups in total. The van der Waals surface area contributed by atoms with E-state index >= 15 is 0 Å². The molecule has 0 saturated heterocycles. The average Bonchev–Trinajstić information content (AvgIpc) is 2.40. The Labute approximate surface area is 111 Å². The summed E-state index contributed by atoms with van der Waals surface area (Å²) in [7, 11) is 0. The number of nitrogens with two attached hydrogens (primary N) is 1. The molecule has 0 aliphatic rings. The Hall–Kier alpha value is -1.32. The minimum atomic E-state index is -0.174. The topological polar surface area (TPSA) is 26.0 Å². The summed E-state index contributed by atoms with van der Waals surface area (Å²) in [6.45, 7) is 2.55. The number of hydrogen-bond donors (Lipinski definition) is 1. The average molecular weight is 261 g/mol. The molecule has 1 nitrogen and oxygen atoms in total. The van der Waals surface area contributed by atoms with Gasteiger partial charge in [-0.1, -0.05) is 18.2 Å². The Balaban J connectivity index is 2.08. The standard InChI is InChI=1S/C15H16FNS/c1-11-5-6-14(16)8-13(11)10-18-15-4-2-3-12(7-15)9-17/h2-8H,9-10,17H2,1H3. The molecule has 0 heterocycles. The summed E-state index contributed by atoms with van der Waals surface area (Å²) in [6, 6.07) is 13.1. The number of aryl methyl sites for hydroxylation is 1. The molecule has 94 valence electrons. The minimum Gasteiger partial charge on any atom is -0.326 e. The highest BCUT2D eigenvalue weighted by Crippen LogP contribution is 2.25. The van der Waals surface area contributed by atoms with Gasteiger partial charge in [0.2, 0.25) is 0 Å². The SMILES string of the molecule is Cc1ccc(F)cc1CSc1cccc(CN)c1.